The molecule has 0 aliphatic rings. The Morgan fingerprint density at radius 2 is 1.60 bits per heavy atom. The fourth-order valence-corrected chi connectivity index (χ4v) is 2.10. The average molecular weight is 347 g/mol. The lowest BCUT2D eigenvalue weighted by atomic mass is 10.1. The Morgan fingerprint density at radius 1 is 0.920 bits per heavy atom. The lowest BCUT2D eigenvalue weighted by Gasteiger charge is -2.10. The Hall–Kier alpha value is -3.29. The number of nitrogens with one attached hydrogen (secondary N) is 1. The van der Waals surface area contributed by atoms with Crippen molar-refractivity contribution in [1.29, 1.82) is 0 Å². The van der Waals surface area contributed by atoms with Gasteiger partial charge in [-0.05, 0) is 48.5 Å². The number of benzene rings is 2. The second kappa shape index (κ2) is 6.68. The molecule has 5 nitrogen and oxygen atoms in total. The molecule has 25 heavy (non-hydrogen) atoms. The molecule has 0 fully saturated rings. The Morgan fingerprint density at radius 3 is 2.24 bits per heavy atom. The normalized spacial score (nSPS) is 11.2. The van der Waals surface area contributed by atoms with Crippen molar-refractivity contribution >= 4 is 11.5 Å². The second-order valence-electron chi connectivity index (χ2n) is 5.03. The third-order valence-electron chi connectivity index (χ3n) is 3.19. The zero-order valence-corrected chi connectivity index (χ0v) is 12.7. The molecule has 2 aromatic carbocycles. The van der Waals surface area contributed by atoms with Crippen molar-refractivity contribution in [2.45, 2.75) is 6.36 Å². The number of alkyl halides is 3. The third kappa shape index (κ3) is 4.60. The van der Waals surface area contributed by atoms with E-state index < -0.39 is 6.36 Å². The van der Waals surface area contributed by atoms with Crippen molar-refractivity contribution < 1.29 is 23.0 Å². The standard InChI is InChI=1S/C17H12F3N3O2/c18-17(19,20)25-14-7-3-12(4-8-14)23-16-9-15(21-10-22-16)11-1-5-13(24)6-2-11/h1-10,24H,(H,21,22,23). The van der Waals surface area contributed by atoms with Crippen molar-refractivity contribution in [3.63, 3.8) is 0 Å². The highest BCUT2D eigenvalue weighted by molar-refractivity contribution is 5.65. The van der Waals surface area contributed by atoms with Crippen LogP contribution in [0.2, 0.25) is 0 Å². The number of rotatable bonds is 4. The van der Waals surface area contributed by atoms with Gasteiger partial charge in [-0.25, -0.2) is 9.97 Å². The van der Waals surface area contributed by atoms with Gasteiger partial charge in [0.05, 0.1) is 5.69 Å². The van der Waals surface area contributed by atoms with Crippen LogP contribution in [0.25, 0.3) is 11.3 Å². The van der Waals surface area contributed by atoms with Gasteiger partial charge < -0.3 is 15.2 Å². The van der Waals surface area contributed by atoms with Crippen LogP contribution in [-0.2, 0) is 0 Å². The Labute approximate surface area is 140 Å². The second-order valence-corrected chi connectivity index (χ2v) is 5.03. The zero-order chi connectivity index (χ0) is 17.9. The molecule has 0 aliphatic carbocycles. The highest BCUT2D eigenvalue weighted by atomic mass is 19.4. The van der Waals surface area contributed by atoms with Gasteiger partial charge >= 0.3 is 6.36 Å². The molecule has 8 heteroatoms. The lowest BCUT2D eigenvalue weighted by Crippen LogP contribution is -2.16. The predicted octanol–water partition coefficient (Wildman–Crippen LogP) is 4.49. The Bertz CT molecular complexity index is 850. The van der Waals surface area contributed by atoms with Crippen LogP contribution in [0.1, 0.15) is 0 Å². The largest absolute Gasteiger partial charge is 0.573 e. The number of aromatic nitrogens is 2. The van der Waals surface area contributed by atoms with Crippen LogP contribution < -0.4 is 10.1 Å². The van der Waals surface area contributed by atoms with Crippen molar-refractivity contribution in [1.82, 2.24) is 9.97 Å². The van der Waals surface area contributed by atoms with E-state index in [9.17, 15) is 18.3 Å². The molecule has 0 bridgehead atoms. The van der Waals surface area contributed by atoms with E-state index in [0.717, 1.165) is 5.56 Å². The molecule has 0 amide bonds. The monoisotopic (exact) mass is 347 g/mol. The summed E-state index contributed by atoms with van der Waals surface area (Å²) < 4.78 is 40.3. The summed E-state index contributed by atoms with van der Waals surface area (Å²) >= 11 is 0. The fraction of sp³-hybridized carbons (Fsp3) is 0.0588. The van der Waals surface area contributed by atoms with Crippen LogP contribution >= 0.6 is 0 Å². The highest BCUT2D eigenvalue weighted by Crippen LogP contribution is 2.26. The quantitative estimate of drug-likeness (QED) is 0.728. The van der Waals surface area contributed by atoms with Crippen LogP contribution in [0.3, 0.4) is 0 Å². The molecule has 0 unspecified atom stereocenters. The lowest BCUT2D eigenvalue weighted by molar-refractivity contribution is -0.274. The summed E-state index contributed by atoms with van der Waals surface area (Å²) in [6, 6.07) is 13.5. The molecular formula is C17H12F3N3O2. The minimum atomic E-state index is -4.72. The molecular weight excluding hydrogens is 335 g/mol. The smallest absolute Gasteiger partial charge is 0.508 e. The fourth-order valence-electron chi connectivity index (χ4n) is 2.10. The first kappa shape index (κ1) is 16.6. The van der Waals surface area contributed by atoms with Crippen molar-refractivity contribution in [3.8, 4) is 22.8 Å². The number of ether oxygens (including phenoxy) is 1. The van der Waals surface area contributed by atoms with E-state index >= 15 is 0 Å². The van der Waals surface area contributed by atoms with Gasteiger partial charge in [-0.2, -0.15) is 0 Å². The first-order chi connectivity index (χ1) is 11.9. The first-order valence-electron chi connectivity index (χ1n) is 7.13. The third-order valence-corrected chi connectivity index (χ3v) is 3.19. The van der Waals surface area contributed by atoms with E-state index in [2.05, 4.69) is 20.0 Å². The molecule has 1 aromatic heterocycles. The molecule has 0 atom stereocenters. The van der Waals surface area contributed by atoms with Gasteiger partial charge in [0.2, 0.25) is 0 Å². The predicted molar refractivity (Wildman–Crippen MR) is 85.5 cm³/mol. The van der Waals surface area contributed by atoms with E-state index in [1.54, 1.807) is 30.3 Å². The molecule has 0 saturated heterocycles. The minimum absolute atomic E-state index is 0.150. The van der Waals surface area contributed by atoms with Gasteiger partial charge in [-0.3, -0.25) is 0 Å². The van der Waals surface area contributed by atoms with E-state index in [-0.39, 0.29) is 11.5 Å². The number of hydrogen-bond donors (Lipinski definition) is 2. The Kier molecular flexibility index (Phi) is 4.42. The van der Waals surface area contributed by atoms with E-state index in [1.807, 2.05) is 0 Å². The van der Waals surface area contributed by atoms with Crippen molar-refractivity contribution in [3.05, 3.63) is 60.9 Å². The molecule has 1 heterocycles. The summed E-state index contributed by atoms with van der Waals surface area (Å²) in [5.41, 5.74) is 1.97. The topological polar surface area (TPSA) is 67.3 Å². The number of phenolic OH excluding ortho intramolecular Hbond substituents is 1. The SMILES string of the molecule is Oc1ccc(-c2cc(Nc3ccc(OC(F)(F)F)cc3)ncn2)cc1. The van der Waals surface area contributed by atoms with Gasteiger partial charge in [-0.15, -0.1) is 13.2 Å². The van der Waals surface area contributed by atoms with Gasteiger partial charge in [-0.1, -0.05) is 0 Å². The maximum atomic E-state index is 12.1. The maximum Gasteiger partial charge on any atom is 0.573 e. The van der Waals surface area contributed by atoms with Crippen LogP contribution in [0, 0.1) is 0 Å². The summed E-state index contributed by atoms with van der Waals surface area (Å²) in [5, 5.41) is 12.3. The number of phenols is 1. The zero-order valence-electron chi connectivity index (χ0n) is 12.7. The molecule has 2 N–H and O–H groups in total. The van der Waals surface area contributed by atoms with Crippen LogP contribution in [0.15, 0.2) is 60.9 Å². The summed E-state index contributed by atoms with van der Waals surface area (Å²) in [7, 11) is 0. The number of halogens is 3. The summed E-state index contributed by atoms with van der Waals surface area (Å²) in [5.74, 6) is 0.324. The highest BCUT2D eigenvalue weighted by Gasteiger charge is 2.30. The van der Waals surface area contributed by atoms with Gasteiger partial charge in [0, 0.05) is 17.3 Å². The van der Waals surface area contributed by atoms with Gasteiger partial charge in [0.1, 0.15) is 23.6 Å². The summed E-state index contributed by atoms with van der Waals surface area (Å²) in [4.78, 5) is 8.23. The van der Waals surface area contributed by atoms with Crippen LogP contribution in [-0.4, -0.2) is 21.4 Å². The molecule has 128 valence electrons. The molecule has 0 saturated carbocycles. The minimum Gasteiger partial charge on any atom is -0.508 e. The van der Waals surface area contributed by atoms with Crippen LogP contribution in [0.4, 0.5) is 24.7 Å². The number of nitrogens with zero attached hydrogens (tertiary/aromatic N) is 2. The van der Waals surface area contributed by atoms with Crippen molar-refractivity contribution in [2.75, 3.05) is 5.32 Å². The first-order valence-corrected chi connectivity index (χ1v) is 7.13. The maximum absolute atomic E-state index is 12.1. The van der Waals surface area contributed by atoms with Crippen molar-refractivity contribution in [2.24, 2.45) is 0 Å². The molecule has 0 aliphatic heterocycles. The number of anilines is 2. The Balaban J connectivity index is 1.75. The van der Waals surface area contributed by atoms with E-state index in [1.165, 1.54) is 30.6 Å². The molecule has 3 aromatic rings. The summed E-state index contributed by atoms with van der Waals surface area (Å²) in [6.07, 6.45) is -3.35. The van der Waals surface area contributed by atoms with Crippen LogP contribution in [0.5, 0.6) is 11.5 Å². The molecule has 0 radical (unpaired) electrons. The molecule has 0 spiro atoms. The van der Waals surface area contributed by atoms with Gasteiger partial charge in [0.15, 0.2) is 0 Å². The summed E-state index contributed by atoms with van der Waals surface area (Å²) in [6.45, 7) is 0. The molecule has 3 rings (SSSR count). The van der Waals surface area contributed by atoms with E-state index in [0.29, 0.717) is 17.2 Å². The average Bonchev–Trinajstić information content (AvgIpc) is 2.56. The van der Waals surface area contributed by atoms with E-state index in [4.69, 9.17) is 0 Å². The number of hydrogen-bond acceptors (Lipinski definition) is 5. The van der Waals surface area contributed by atoms with Gasteiger partial charge in [0.25, 0.3) is 0 Å². The number of aromatic hydroxyl groups is 1.